The molecule has 8 nitrogen and oxygen atoms in total. The Hall–Kier alpha value is -3.81. The van der Waals surface area contributed by atoms with Gasteiger partial charge in [-0.2, -0.15) is 5.10 Å². The van der Waals surface area contributed by atoms with Gasteiger partial charge in [0, 0.05) is 37.6 Å². The Morgan fingerprint density at radius 3 is 2.55 bits per heavy atom. The lowest BCUT2D eigenvalue weighted by molar-refractivity contribution is -0.121. The average molecular weight is 448 g/mol. The smallest absolute Gasteiger partial charge is 0.220 e. The molecule has 3 aromatic heterocycles. The average Bonchev–Trinajstić information content (AvgIpc) is 3.46. The quantitative estimate of drug-likeness (QED) is 0.420. The van der Waals surface area contributed by atoms with E-state index in [9.17, 15) is 4.79 Å². The zero-order valence-electron chi connectivity index (χ0n) is 19.5. The number of hydrogen-bond acceptors (Lipinski definition) is 5. The van der Waals surface area contributed by atoms with Crippen molar-refractivity contribution < 1.29 is 14.3 Å². The second-order valence-corrected chi connectivity index (χ2v) is 7.99. The Bertz CT molecular complexity index is 1260. The maximum atomic E-state index is 12.4. The van der Waals surface area contributed by atoms with Crippen molar-refractivity contribution in [3.05, 3.63) is 65.6 Å². The summed E-state index contributed by atoms with van der Waals surface area (Å²) in [5, 5.41) is 8.83. The number of carbonyl (C=O) groups is 1. The maximum Gasteiger partial charge on any atom is 0.220 e. The third-order valence-electron chi connectivity index (χ3n) is 5.57. The Kier molecular flexibility index (Phi) is 6.63. The van der Waals surface area contributed by atoms with E-state index in [0.29, 0.717) is 37.4 Å². The molecule has 1 N–H and O–H groups in total. The van der Waals surface area contributed by atoms with Crippen LogP contribution in [0, 0.1) is 13.8 Å². The zero-order valence-corrected chi connectivity index (χ0v) is 19.5. The van der Waals surface area contributed by atoms with Crippen molar-refractivity contribution in [3.63, 3.8) is 0 Å². The molecule has 0 saturated carbocycles. The van der Waals surface area contributed by atoms with Crippen LogP contribution in [0.15, 0.2) is 48.8 Å². The van der Waals surface area contributed by atoms with E-state index in [1.54, 1.807) is 14.2 Å². The molecule has 3 heterocycles. The molecule has 1 aromatic carbocycles. The molecular weight excluding hydrogens is 418 g/mol. The number of amides is 1. The van der Waals surface area contributed by atoms with Gasteiger partial charge in [0.25, 0.3) is 0 Å². The number of ether oxygens (including phenoxy) is 2. The summed E-state index contributed by atoms with van der Waals surface area (Å²) in [6.07, 6.45) is 5.02. The van der Waals surface area contributed by atoms with Gasteiger partial charge in [0.15, 0.2) is 23.0 Å². The summed E-state index contributed by atoms with van der Waals surface area (Å²) in [5.74, 6) is 2.16. The first kappa shape index (κ1) is 22.4. The zero-order chi connectivity index (χ0) is 23.4. The molecule has 0 spiro atoms. The van der Waals surface area contributed by atoms with Crippen LogP contribution in [-0.2, 0) is 17.9 Å². The van der Waals surface area contributed by atoms with Gasteiger partial charge in [-0.05, 0) is 61.7 Å². The number of aromatic nitrogens is 4. The molecule has 0 atom stereocenters. The summed E-state index contributed by atoms with van der Waals surface area (Å²) in [4.78, 5) is 17.2. The van der Waals surface area contributed by atoms with E-state index in [1.165, 1.54) is 0 Å². The number of benzene rings is 1. The van der Waals surface area contributed by atoms with Crippen molar-refractivity contribution in [1.82, 2.24) is 24.6 Å². The van der Waals surface area contributed by atoms with Crippen molar-refractivity contribution in [1.29, 1.82) is 0 Å². The van der Waals surface area contributed by atoms with E-state index in [1.807, 2.05) is 58.9 Å². The molecule has 8 heteroatoms. The second kappa shape index (κ2) is 9.77. The van der Waals surface area contributed by atoms with E-state index in [0.717, 1.165) is 33.7 Å². The van der Waals surface area contributed by atoms with Crippen LogP contribution in [0.4, 0.5) is 0 Å². The molecule has 0 aliphatic rings. The van der Waals surface area contributed by atoms with Crippen LogP contribution in [-0.4, -0.2) is 39.5 Å². The van der Waals surface area contributed by atoms with Crippen LogP contribution in [0.1, 0.15) is 29.7 Å². The van der Waals surface area contributed by atoms with Crippen molar-refractivity contribution in [3.8, 4) is 17.3 Å². The number of carbonyl (C=O) groups excluding carboxylic acids is 1. The third-order valence-corrected chi connectivity index (χ3v) is 5.57. The normalized spacial score (nSPS) is 11.0. The number of pyridine rings is 1. The van der Waals surface area contributed by atoms with Crippen LogP contribution in [0.5, 0.6) is 11.5 Å². The van der Waals surface area contributed by atoms with Crippen LogP contribution in [0.2, 0.25) is 0 Å². The van der Waals surface area contributed by atoms with Gasteiger partial charge in [-0.25, -0.2) is 9.67 Å². The van der Waals surface area contributed by atoms with Gasteiger partial charge in [-0.1, -0.05) is 6.07 Å². The monoisotopic (exact) mass is 447 g/mol. The van der Waals surface area contributed by atoms with Crippen molar-refractivity contribution in [2.45, 2.75) is 39.8 Å². The molecule has 4 aromatic rings. The Morgan fingerprint density at radius 1 is 1.06 bits per heavy atom. The van der Waals surface area contributed by atoms with Crippen molar-refractivity contribution in [2.75, 3.05) is 14.2 Å². The number of fused-ring (bicyclic) bond motifs is 1. The lowest BCUT2D eigenvalue weighted by atomic mass is 10.1. The first-order chi connectivity index (χ1) is 16.0. The Labute approximate surface area is 193 Å². The minimum Gasteiger partial charge on any atom is -0.493 e. The molecule has 0 bridgehead atoms. The van der Waals surface area contributed by atoms with Crippen molar-refractivity contribution >= 4 is 16.9 Å². The topological polar surface area (TPSA) is 83.2 Å². The molecule has 0 saturated heterocycles. The van der Waals surface area contributed by atoms with Crippen molar-refractivity contribution in [2.24, 2.45) is 0 Å². The van der Waals surface area contributed by atoms with Crippen LogP contribution in [0.3, 0.4) is 0 Å². The summed E-state index contributed by atoms with van der Waals surface area (Å²) >= 11 is 0. The van der Waals surface area contributed by atoms with Crippen LogP contribution < -0.4 is 14.8 Å². The van der Waals surface area contributed by atoms with Gasteiger partial charge < -0.3 is 19.4 Å². The highest BCUT2D eigenvalue weighted by molar-refractivity contribution is 5.87. The largest absolute Gasteiger partial charge is 0.493 e. The lowest BCUT2D eigenvalue weighted by Crippen LogP contribution is -2.23. The molecule has 1 amide bonds. The van der Waals surface area contributed by atoms with Gasteiger partial charge in [0.05, 0.1) is 19.6 Å². The molecule has 0 radical (unpaired) electrons. The lowest BCUT2D eigenvalue weighted by Gasteiger charge is -2.10. The maximum absolute atomic E-state index is 12.4. The summed E-state index contributed by atoms with van der Waals surface area (Å²) in [6, 6.07) is 11.6. The number of nitrogens with zero attached hydrogens (tertiary/aromatic N) is 4. The number of methoxy groups -OCH3 is 2. The van der Waals surface area contributed by atoms with Gasteiger partial charge >= 0.3 is 0 Å². The van der Waals surface area contributed by atoms with E-state index in [4.69, 9.17) is 19.6 Å². The van der Waals surface area contributed by atoms with Crippen LogP contribution >= 0.6 is 0 Å². The first-order valence-corrected chi connectivity index (χ1v) is 11.0. The highest BCUT2D eigenvalue weighted by atomic mass is 16.5. The van der Waals surface area contributed by atoms with E-state index in [-0.39, 0.29) is 5.91 Å². The molecule has 33 heavy (non-hydrogen) atoms. The van der Waals surface area contributed by atoms with Gasteiger partial charge in [-0.3, -0.25) is 4.79 Å². The molecule has 0 unspecified atom stereocenters. The van der Waals surface area contributed by atoms with Gasteiger partial charge in [0.2, 0.25) is 5.91 Å². The van der Waals surface area contributed by atoms with E-state index < -0.39 is 0 Å². The molecular formula is C25H29N5O3. The molecule has 0 fully saturated rings. The first-order valence-electron chi connectivity index (χ1n) is 11.0. The summed E-state index contributed by atoms with van der Waals surface area (Å²) in [5.41, 5.74) is 3.89. The molecule has 0 aliphatic heterocycles. The number of hydrogen-bond donors (Lipinski definition) is 1. The molecule has 172 valence electrons. The fourth-order valence-corrected chi connectivity index (χ4v) is 3.97. The minimum atomic E-state index is -0.00722. The fraction of sp³-hybridized carbons (Fsp3) is 0.320. The summed E-state index contributed by atoms with van der Waals surface area (Å²) < 4.78 is 14.5. The third kappa shape index (κ3) is 4.84. The SMILES string of the molecule is COc1ccc(CNC(=O)CCCn2nc(-n3cccc3)c3c(C)cc(C)nc32)cc1OC. The molecule has 0 aliphatic carbocycles. The highest BCUT2D eigenvalue weighted by Crippen LogP contribution is 2.28. The number of aryl methyl sites for hydroxylation is 3. The number of rotatable bonds is 9. The predicted molar refractivity (Wildman–Crippen MR) is 127 cm³/mol. The van der Waals surface area contributed by atoms with Gasteiger partial charge in [-0.15, -0.1) is 0 Å². The Morgan fingerprint density at radius 2 is 1.82 bits per heavy atom. The van der Waals surface area contributed by atoms with E-state index >= 15 is 0 Å². The summed E-state index contributed by atoms with van der Waals surface area (Å²) in [7, 11) is 3.19. The number of nitrogens with one attached hydrogen (secondary N) is 1. The standard InChI is InChI=1S/C25H29N5O3/c1-17-14-18(2)27-24-23(17)25(29-11-5-6-12-29)28-30(24)13-7-8-22(31)26-16-19-9-10-20(32-3)21(15-19)33-4/h5-6,9-12,14-15H,7-8,13,16H2,1-4H3,(H,26,31). The molecule has 4 rings (SSSR count). The van der Waals surface area contributed by atoms with E-state index in [2.05, 4.69) is 18.3 Å². The second-order valence-electron chi connectivity index (χ2n) is 7.99. The summed E-state index contributed by atoms with van der Waals surface area (Å²) in [6.45, 7) is 5.11. The predicted octanol–water partition coefficient (Wildman–Crippen LogP) is 3.95. The Balaban J connectivity index is 1.40. The van der Waals surface area contributed by atoms with Crippen LogP contribution in [0.25, 0.3) is 16.9 Å². The van der Waals surface area contributed by atoms with Gasteiger partial charge in [0.1, 0.15) is 0 Å². The minimum absolute atomic E-state index is 0.00722. The fourth-order valence-electron chi connectivity index (χ4n) is 3.97. The highest BCUT2D eigenvalue weighted by Gasteiger charge is 2.16.